The summed E-state index contributed by atoms with van der Waals surface area (Å²) in [6.07, 6.45) is 6.49. The lowest BCUT2D eigenvalue weighted by Crippen LogP contribution is -2.52. The van der Waals surface area contributed by atoms with E-state index >= 15 is 0 Å². The fourth-order valence-electron chi connectivity index (χ4n) is 3.17. The summed E-state index contributed by atoms with van der Waals surface area (Å²) < 4.78 is 5.31. The molecule has 0 radical (unpaired) electrons. The standard InChI is InChI=1S/C15H20N2O2/c1-19-12-8-6-7-11-13(12)16-14(18)15(17-11)9-4-2-3-5-10-15/h6-8,17H,2-5,9-10H2,1H3,(H,16,18). The Balaban J connectivity index is 1.97. The quantitative estimate of drug-likeness (QED) is 0.815. The molecule has 4 nitrogen and oxygen atoms in total. The molecule has 0 unspecified atom stereocenters. The molecule has 2 N–H and O–H groups in total. The topological polar surface area (TPSA) is 50.4 Å². The summed E-state index contributed by atoms with van der Waals surface area (Å²) in [7, 11) is 1.62. The number of carbonyl (C=O) groups excluding carboxylic acids is 1. The minimum absolute atomic E-state index is 0.0893. The van der Waals surface area contributed by atoms with Gasteiger partial charge in [-0.25, -0.2) is 0 Å². The molecule has 0 aromatic heterocycles. The molecule has 1 aliphatic carbocycles. The van der Waals surface area contributed by atoms with Crippen LogP contribution in [0.2, 0.25) is 0 Å². The number of hydrogen-bond acceptors (Lipinski definition) is 3. The minimum Gasteiger partial charge on any atom is -0.494 e. The van der Waals surface area contributed by atoms with Crippen molar-refractivity contribution in [3.63, 3.8) is 0 Å². The van der Waals surface area contributed by atoms with Gasteiger partial charge in [0.1, 0.15) is 17.0 Å². The van der Waals surface area contributed by atoms with Gasteiger partial charge in [0.15, 0.2) is 0 Å². The van der Waals surface area contributed by atoms with Gasteiger partial charge in [0.2, 0.25) is 5.91 Å². The summed E-state index contributed by atoms with van der Waals surface area (Å²) in [5, 5.41) is 6.53. The normalized spacial score (nSPS) is 21.0. The fraction of sp³-hybridized carbons (Fsp3) is 0.533. The van der Waals surface area contributed by atoms with Crippen LogP contribution in [0.4, 0.5) is 11.4 Å². The Labute approximate surface area is 113 Å². The van der Waals surface area contributed by atoms with Gasteiger partial charge in [0.25, 0.3) is 0 Å². The van der Waals surface area contributed by atoms with Gasteiger partial charge in [0.05, 0.1) is 12.8 Å². The average Bonchev–Trinajstić information content (AvgIpc) is 2.66. The Kier molecular flexibility index (Phi) is 3.09. The second-order valence-corrected chi connectivity index (χ2v) is 5.46. The highest BCUT2D eigenvalue weighted by molar-refractivity contribution is 6.07. The molecule has 1 aliphatic heterocycles. The number of ether oxygens (including phenoxy) is 1. The molecule has 1 fully saturated rings. The molecule has 1 aromatic rings. The number of carbonyl (C=O) groups is 1. The van der Waals surface area contributed by atoms with Gasteiger partial charge in [-0.2, -0.15) is 0 Å². The van der Waals surface area contributed by atoms with E-state index in [1.807, 2.05) is 18.2 Å². The molecule has 4 heteroatoms. The highest BCUT2D eigenvalue weighted by Gasteiger charge is 2.42. The van der Waals surface area contributed by atoms with Crippen molar-refractivity contribution in [2.45, 2.75) is 44.1 Å². The van der Waals surface area contributed by atoms with Gasteiger partial charge in [-0.05, 0) is 25.0 Å². The second kappa shape index (κ2) is 4.76. The van der Waals surface area contributed by atoms with Crippen LogP contribution in [0.3, 0.4) is 0 Å². The van der Waals surface area contributed by atoms with Crippen LogP contribution in [0.15, 0.2) is 18.2 Å². The van der Waals surface area contributed by atoms with Crippen LogP contribution in [0.25, 0.3) is 0 Å². The number of nitrogens with one attached hydrogen (secondary N) is 2. The van der Waals surface area contributed by atoms with Crippen LogP contribution in [-0.2, 0) is 4.79 Å². The van der Waals surface area contributed by atoms with Crippen molar-refractivity contribution in [1.29, 1.82) is 0 Å². The van der Waals surface area contributed by atoms with Crippen LogP contribution in [0.1, 0.15) is 38.5 Å². The molecule has 19 heavy (non-hydrogen) atoms. The van der Waals surface area contributed by atoms with Gasteiger partial charge >= 0.3 is 0 Å². The summed E-state index contributed by atoms with van der Waals surface area (Å²) in [5.74, 6) is 0.799. The smallest absolute Gasteiger partial charge is 0.250 e. The van der Waals surface area contributed by atoms with E-state index in [1.165, 1.54) is 12.8 Å². The average molecular weight is 260 g/mol. The zero-order chi connectivity index (χ0) is 13.3. The predicted molar refractivity (Wildman–Crippen MR) is 75.7 cm³/mol. The van der Waals surface area contributed by atoms with E-state index in [9.17, 15) is 4.79 Å². The van der Waals surface area contributed by atoms with E-state index in [2.05, 4.69) is 10.6 Å². The Bertz CT molecular complexity index is 491. The molecule has 1 heterocycles. The number of benzene rings is 1. The van der Waals surface area contributed by atoms with Gasteiger partial charge in [-0.1, -0.05) is 31.7 Å². The number of amides is 1. The zero-order valence-electron chi connectivity index (χ0n) is 11.3. The summed E-state index contributed by atoms with van der Waals surface area (Å²) in [6.45, 7) is 0. The summed E-state index contributed by atoms with van der Waals surface area (Å²) >= 11 is 0. The molecule has 0 atom stereocenters. The first-order chi connectivity index (χ1) is 9.25. The van der Waals surface area contributed by atoms with E-state index in [4.69, 9.17) is 4.74 Å². The molecule has 2 aliphatic rings. The van der Waals surface area contributed by atoms with Crippen molar-refractivity contribution in [3.8, 4) is 5.75 Å². The summed E-state index contributed by atoms with van der Waals surface area (Å²) in [4.78, 5) is 12.5. The number of methoxy groups -OCH3 is 1. The minimum atomic E-state index is -0.421. The number of rotatable bonds is 1. The molecule has 1 aromatic carbocycles. The van der Waals surface area contributed by atoms with Gasteiger partial charge < -0.3 is 15.4 Å². The van der Waals surface area contributed by atoms with Crippen LogP contribution in [-0.4, -0.2) is 18.6 Å². The maximum absolute atomic E-state index is 12.5. The Hall–Kier alpha value is -1.71. The van der Waals surface area contributed by atoms with Crippen LogP contribution in [0, 0.1) is 0 Å². The Morgan fingerprint density at radius 3 is 2.58 bits per heavy atom. The van der Waals surface area contributed by atoms with Crippen molar-refractivity contribution in [3.05, 3.63) is 18.2 Å². The van der Waals surface area contributed by atoms with Gasteiger partial charge in [0, 0.05) is 0 Å². The van der Waals surface area contributed by atoms with E-state index in [0.717, 1.165) is 37.1 Å². The lowest BCUT2D eigenvalue weighted by Gasteiger charge is -2.38. The fourth-order valence-corrected chi connectivity index (χ4v) is 3.17. The van der Waals surface area contributed by atoms with E-state index in [1.54, 1.807) is 7.11 Å². The molecule has 1 amide bonds. The van der Waals surface area contributed by atoms with Gasteiger partial charge in [-0.15, -0.1) is 0 Å². The molecule has 3 rings (SSSR count). The SMILES string of the molecule is COc1cccc2c1NC(=O)C1(CCCCCC1)N2. The number of hydrogen-bond donors (Lipinski definition) is 2. The lowest BCUT2D eigenvalue weighted by atomic mass is 9.86. The van der Waals surface area contributed by atoms with Crippen LogP contribution < -0.4 is 15.4 Å². The van der Waals surface area contributed by atoms with Crippen molar-refractivity contribution < 1.29 is 9.53 Å². The first kappa shape index (κ1) is 12.3. The molecular weight excluding hydrogens is 240 g/mol. The summed E-state index contributed by atoms with van der Waals surface area (Å²) in [6, 6.07) is 5.82. The number of anilines is 2. The van der Waals surface area contributed by atoms with E-state index in [0.29, 0.717) is 5.75 Å². The summed E-state index contributed by atoms with van der Waals surface area (Å²) in [5.41, 5.74) is 1.32. The van der Waals surface area contributed by atoms with Crippen LogP contribution in [0.5, 0.6) is 5.75 Å². The zero-order valence-corrected chi connectivity index (χ0v) is 11.3. The third-order valence-corrected chi connectivity index (χ3v) is 4.25. The van der Waals surface area contributed by atoms with Gasteiger partial charge in [-0.3, -0.25) is 4.79 Å². The van der Waals surface area contributed by atoms with Crippen molar-refractivity contribution in [2.24, 2.45) is 0 Å². The Morgan fingerprint density at radius 2 is 1.89 bits per heavy atom. The van der Waals surface area contributed by atoms with E-state index < -0.39 is 5.54 Å². The monoisotopic (exact) mass is 260 g/mol. The molecule has 0 saturated heterocycles. The third kappa shape index (κ3) is 2.05. The molecular formula is C15H20N2O2. The molecule has 102 valence electrons. The second-order valence-electron chi connectivity index (χ2n) is 5.46. The Morgan fingerprint density at radius 1 is 1.16 bits per heavy atom. The molecule has 1 saturated carbocycles. The maximum atomic E-state index is 12.5. The first-order valence-electron chi connectivity index (χ1n) is 7.02. The van der Waals surface area contributed by atoms with Crippen molar-refractivity contribution >= 4 is 17.3 Å². The largest absolute Gasteiger partial charge is 0.494 e. The molecule has 0 bridgehead atoms. The van der Waals surface area contributed by atoms with E-state index in [-0.39, 0.29) is 5.91 Å². The third-order valence-electron chi connectivity index (χ3n) is 4.25. The molecule has 1 spiro atoms. The maximum Gasteiger partial charge on any atom is 0.250 e. The van der Waals surface area contributed by atoms with Crippen LogP contribution >= 0.6 is 0 Å². The lowest BCUT2D eigenvalue weighted by molar-refractivity contribution is -0.121. The predicted octanol–water partition coefficient (Wildman–Crippen LogP) is 3.15. The van der Waals surface area contributed by atoms with Crippen molar-refractivity contribution in [2.75, 3.05) is 17.7 Å². The van der Waals surface area contributed by atoms with Crippen molar-refractivity contribution in [1.82, 2.24) is 0 Å². The first-order valence-corrected chi connectivity index (χ1v) is 7.02. The highest BCUT2D eigenvalue weighted by atomic mass is 16.5. The number of fused-ring (bicyclic) bond motifs is 1. The number of para-hydroxylation sites is 1. The highest BCUT2D eigenvalue weighted by Crippen LogP contribution is 2.42.